The first-order valence-corrected chi connectivity index (χ1v) is 7.05. The van der Waals surface area contributed by atoms with E-state index in [4.69, 9.17) is 16.7 Å². The van der Waals surface area contributed by atoms with E-state index in [1.54, 1.807) is 32.0 Å². The number of carboxylic acids is 1. The summed E-state index contributed by atoms with van der Waals surface area (Å²) in [7, 11) is 3.66. The molecule has 0 aliphatic heterocycles. The van der Waals surface area contributed by atoms with Crippen LogP contribution in [0.2, 0.25) is 5.02 Å². The second kappa shape index (κ2) is 5.22. The number of nitrogens with zero attached hydrogens (tertiary/aromatic N) is 1. The van der Waals surface area contributed by atoms with Crippen molar-refractivity contribution in [2.24, 2.45) is 17.3 Å². The molecule has 1 aromatic carbocycles. The molecule has 2 rings (SSSR count). The van der Waals surface area contributed by atoms with Gasteiger partial charge in [-0.25, -0.2) is 0 Å². The van der Waals surface area contributed by atoms with Gasteiger partial charge in [0.15, 0.2) is 0 Å². The van der Waals surface area contributed by atoms with Crippen LogP contribution in [0.4, 0.5) is 11.4 Å². The van der Waals surface area contributed by atoms with E-state index in [-0.39, 0.29) is 5.91 Å². The van der Waals surface area contributed by atoms with Crippen molar-refractivity contribution in [1.29, 1.82) is 0 Å². The number of nitrogens with one attached hydrogen (secondary N) is 1. The lowest BCUT2D eigenvalue weighted by atomic mass is 10.1. The zero-order valence-corrected chi connectivity index (χ0v) is 13.2. The Labute approximate surface area is 128 Å². The monoisotopic (exact) mass is 310 g/mol. The molecule has 0 heterocycles. The van der Waals surface area contributed by atoms with Gasteiger partial charge in [0, 0.05) is 14.1 Å². The van der Waals surface area contributed by atoms with Crippen LogP contribution in [-0.4, -0.2) is 31.1 Å². The predicted octanol–water partition coefficient (Wildman–Crippen LogP) is 2.70. The maximum atomic E-state index is 12.4. The highest BCUT2D eigenvalue weighted by molar-refractivity contribution is 6.34. The van der Waals surface area contributed by atoms with E-state index in [9.17, 15) is 9.59 Å². The number of carboxylic acid groups (broad SMARTS) is 1. The lowest BCUT2D eigenvalue weighted by molar-refractivity contribution is -0.140. The average molecular weight is 311 g/mol. The standard InChI is InChI=1S/C15H19ClN2O3/c1-15(2)10(11(15)14(20)21)13(19)17-9-7-5-6-8(16)12(9)18(3)4/h5-7,10-11H,1-4H3,(H,17,19)(H,20,21). The Morgan fingerprint density at radius 1 is 1.29 bits per heavy atom. The van der Waals surface area contributed by atoms with Gasteiger partial charge in [-0.2, -0.15) is 0 Å². The molecule has 1 aliphatic rings. The molecule has 6 heteroatoms. The van der Waals surface area contributed by atoms with E-state index in [0.717, 1.165) is 0 Å². The quantitative estimate of drug-likeness (QED) is 0.897. The summed E-state index contributed by atoms with van der Waals surface area (Å²) in [6.45, 7) is 3.59. The molecule has 1 fully saturated rings. The van der Waals surface area contributed by atoms with Gasteiger partial charge in [-0.15, -0.1) is 0 Å². The van der Waals surface area contributed by atoms with Crippen molar-refractivity contribution >= 4 is 34.9 Å². The fourth-order valence-corrected chi connectivity index (χ4v) is 3.21. The number of aliphatic carboxylic acids is 1. The molecule has 1 amide bonds. The lowest BCUT2D eigenvalue weighted by Crippen LogP contribution is -2.20. The minimum absolute atomic E-state index is 0.280. The third-order valence-electron chi connectivity index (χ3n) is 4.07. The Morgan fingerprint density at radius 3 is 2.38 bits per heavy atom. The van der Waals surface area contributed by atoms with Gasteiger partial charge in [0.1, 0.15) is 0 Å². The molecule has 114 valence electrons. The Morgan fingerprint density at radius 2 is 1.90 bits per heavy atom. The Bertz CT molecular complexity index is 599. The third-order valence-corrected chi connectivity index (χ3v) is 4.37. The number of para-hydroxylation sites is 1. The molecule has 0 aromatic heterocycles. The number of amides is 1. The summed E-state index contributed by atoms with van der Waals surface area (Å²) in [5.41, 5.74) is 0.773. The van der Waals surface area contributed by atoms with Gasteiger partial charge >= 0.3 is 5.97 Å². The number of halogens is 1. The highest BCUT2D eigenvalue weighted by Crippen LogP contribution is 2.58. The predicted molar refractivity (Wildman–Crippen MR) is 82.8 cm³/mol. The van der Waals surface area contributed by atoms with Crippen molar-refractivity contribution in [3.63, 3.8) is 0 Å². The number of hydrogen-bond acceptors (Lipinski definition) is 3. The molecule has 5 nitrogen and oxygen atoms in total. The van der Waals surface area contributed by atoms with Crippen LogP contribution in [0, 0.1) is 17.3 Å². The highest BCUT2D eigenvalue weighted by atomic mass is 35.5. The summed E-state index contributed by atoms with van der Waals surface area (Å²) in [6.07, 6.45) is 0. The Balaban J connectivity index is 2.23. The molecule has 1 aliphatic carbocycles. The van der Waals surface area contributed by atoms with Crippen LogP contribution in [0.1, 0.15) is 13.8 Å². The van der Waals surface area contributed by atoms with Gasteiger partial charge in [-0.05, 0) is 17.5 Å². The molecule has 21 heavy (non-hydrogen) atoms. The van der Waals surface area contributed by atoms with Crippen LogP contribution in [-0.2, 0) is 9.59 Å². The molecule has 2 atom stereocenters. The van der Waals surface area contributed by atoms with Crippen molar-refractivity contribution < 1.29 is 14.7 Å². The van der Waals surface area contributed by atoms with Crippen LogP contribution in [0.3, 0.4) is 0 Å². The number of hydrogen-bond donors (Lipinski definition) is 2. The topological polar surface area (TPSA) is 69.6 Å². The number of rotatable bonds is 4. The smallest absolute Gasteiger partial charge is 0.307 e. The molecule has 1 saturated carbocycles. The van der Waals surface area contributed by atoms with Crippen LogP contribution < -0.4 is 10.2 Å². The van der Waals surface area contributed by atoms with E-state index in [0.29, 0.717) is 16.4 Å². The lowest BCUT2D eigenvalue weighted by Gasteiger charge is -2.19. The second-order valence-electron chi connectivity index (χ2n) is 6.13. The SMILES string of the molecule is CN(C)c1c(Cl)cccc1NC(=O)C1C(C(=O)O)C1(C)C. The van der Waals surface area contributed by atoms with Gasteiger partial charge in [0.2, 0.25) is 5.91 Å². The minimum Gasteiger partial charge on any atom is -0.481 e. The number of benzene rings is 1. The van der Waals surface area contributed by atoms with E-state index in [1.165, 1.54) is 0 Å². The molecular formula is C15H19ClN2O3. The summed E-state index contributed by atoms with van der Waals surface area (Å²) >= 11 is 6.15. The number of carbonyl (C=O) groups excluding carboxylic acids is 1. The molecule has 2 N–H and O–H groups in total. The fourth-order valence-electron chi connectivity index (χ4n) is 2.87. The minimum atomic E-state index is -0.931. The fraction of sp³-hybridized carbons (Fsp3) is 0.467. The molecule has 0 radical (unpaired) electrons. The van der Waals surface area contributed by atoms with Crippen molar-refractivity contribution in [3.8, 4) is 0 Å². The molecule has 0 saturated heterocycles. The van der Waals surface area contributed by atoms with Crippen molar-refractivity contribution in [1.82, 2.24) is 0 Å². The summed E-state index contributed by atoms with van der Waals surface area (Å²) in [6, 6.07) is 5.25. The first-order valence-electron chi connectivity index (χ1n) is 6.67. The summed E-state index contributed by atoms with van der Waals surface area (Å²) in [5.74, 6) is -2.37. The van der Waals surface area contributed by atoms with Crippen molar-refractivity contribution in [2.45, 2.75) is 13.8 Å². The third kappa shape index (κ3) is 2.70. The highest BCUT2D eigenvalue weighted by Gasteiger charge is 2.65. The normalized spacial score (nSPS) is 22.5. The van der Waals surface area contributed by atoms with Gasteiger partial charge < -0.3 is 15.3 Å². The first-order chi connectivity index (χ1) is 9.67. The van der Waals surface area contributed by atoms with E-state index in [2.05, 4.69) is 5.32 Å². The van der Waals surface area contributed by atoms with Gasteiger partial charge in [-0.1, -0.05) is 31.5 Å². The maximum Gasteiger partial charge on any atom is 0.307 e. The van der Waals surface area contributed by atoms with Gasteiger partial charge in [0.05, 0.1) is 28.2 Å². The molecule has 2 unspecified atom stereocenters. The molecule has 0 spiro atoms. The zero-order valence-electron chi connectivity index (χ0n) is 12.5. The number of anilines is 2. The van der Waals surface area contributed by atoms with Crippen LogP contribution in [0.15, 0.2) is 18.2 Å². The largest absolute Gasteiger partial charge is 0.481 e. The van der Waals surface area contributed by atoms with E-state index < -0.39 is 23.2 Å². The Hall–Kier alpha value is -1.75. The van der Waals surface area contributed by atoms with Gasteiger partial charge in [-0.3, -0.25) is 9.59 Å². The maximum absolute atomic E-state index is 12.4. The average Bonchev–Trinajstić information content (AvgIpc) is 2.92. The summed E-state index contributed by atoms with van der Waals surface area (Å²) < 4.78 is 0. The van der Waals surface area contributed by atoms with Crippen LogP contribution in [0.5, 0.6) is 0 Å². The van der Waals surface area contributed by atoms with Crippen LogP contribution >= 0.6 is 11.6 Å². The first kappa shape index (κ1) is 15.6. The molecular weight excluding hydrogens is 292 g/mol. The summed E-state index contributed by atoms with van der Waals surface area (Å²) in [4.78, 5) is 25.3. The van der Waals surface area contributed by atoms with E-state index >= 15 is 0 Å². The molecule has 1 aromatic rings. The molecule has 0 bridgehead atoms. The van der Waals surface area contributed by atoms with Crippen molar-refractivity contribution in [3.05, 3.63) is 23.2 Å². The van der Waals surface area contributed by atoms with Crippen LogP contribution in [0.25, 0.3) is 0 Å². The second-order valence-corrected chi connectivity index (χ2v) is 6.54. The zero-order chi connectivity index (χ0) is 15.9. The summed E-state index contributed by atoms with van der Waals surface area (Å²) in [5, 5.41) is 12.5. The number of carbonyl (C=O) groups is 2. The van der Waals surface area contributed by atoms with E-state index in [1.807, 2.05) is 19.0 Å². The van der Waals surface area contributed by atoms with Gasteiger partial charge in [0.25, 0.3) is 0 Å². The Kier molecular flexibility index (Phi) is 3.89. The van der Waals surface area contributed by atoms with Crippen molar-refractivity contribution in [2.75, 3.05) is 24.3 Å².